The van der Waals surface area contributed by atoms with Crippen molar-refractivity contribution in [2.24, 2.45) is 5.92 Å². The van der Waals surface area contributed by atoms with Crippen molar-refractivity contribution >= 4 is 40.6 Å². The van der Waals surface area contributed by atoms with Crippen LogP contribution in [-0.2, 0) is 17.9 Å². The molecule has 3 aliphatic heterocycles. The van der Waals surface area contributed by atoms with Crippen LogP contribution in [0.25, 0.3) is 11.1 Å². The third-order valence-electron chi connectivity index (χ3n) is 9.83. The zero-order valence-corrected chi connectivity index (χ0v) is 27.9. The molecule has 2 saturated heterocycles. The molecule has 8 rings (SSSR count). The molecule has 258 valence electrons. The van der Waals surface area contributed by atoms with E-state index in [9.17, 15) is 14.4 Å². The van der Waals surface area contributed by atoms with Crippen LogP contribution in [-0.4, -0.2) is 92.8 Å². The first kappa shape index (κ1) is 31.8. The zero-order chi connectivity index (χ0) is 34.5. The molecule has 4 aromatic rings. The van der Waals surface area contributed by atoms with Gasteiger partial charge in [0.1, 0.15) is 11.5 Å². The van der Waals surface area contributed by atoms with Gasteiger partial charge in [-0.2, -0.15) is 5.10 Å². The van der Waals surface area contributed by atoms with Gasteiger partial charge in [0.25, 0.3) is 11.8 Å². The first-order valence-electron chi connectivity index (χ1n) is 17.0. The lowest BCUT2D eigenvalue weighted by Crippen LogP contribution is -2.48. The van der Waals surface area contributed by atoms with Gasteiger partial charge in [-0.15, -0.1) is 10.2 Å². The summed E-state index contributed by atoms with van der Waals surface area (Å²) in [7, 11) is 3.42. The van der Waals surface area contributed by atoms with Crippen molar-refractivity contribution in [1.82, 2.24) is 40.1 Å². The molecular weight excluding hydrogens is 641 g/mol. The van der Waals surface area contributed by atoms with Crippen molar-refractivity contribution in [2.45, 2.75) is 44.8 Å². The largest absolute Gasteiger partial charge is 0.366 e. The number of halogens is 1. The fraction of sp³-hybridized carbons (Fsp3) is 0.400. The Labute approximate surface area is 288 Å². The number of amides is 3. The van der Waals surface area contributed by atoms with Gasteiger partial charge in [0.2, 0.25) is 5.91 Å². The van der Waals surface area contributed by atoms with Crippen molar-refractivity contribution in [2.75, 3.05) is 55.8 Å². The minimum atomic E-state index is -0.476. The second kappa shape index (κ2) is 12.8. The van der Waals surface area contributed by atoms with E-state index in [1.54, 1.807) is 18.3 Å². The number of carbonyl (C=O) groups excluding carboxylic acids is 3. The smallest absolute Gasteiger partial charge is 0.273 e. The van der Waals surface area contributed by atoms with Gasteiger partial charge in [-0.3, -0.25) is 24.0 Å². The summed E-state index contributed by atoms with van der Waals surface area (Å²) in [4.78, 5) is 48.8. The number of likely N-dealkylation sites (tertiary alicyclic amines) is 2. The highest BCUT2D eigenvalue weighted by atomic mass is 19.1. The summed E-state index contributed by atoms with van der Waals surface area (Å²) in [5.41, 5.74) is 5.33. The SMILES string of the molecule is CNC(=O)c1nnc(NC(=O)C2CC2)cc1Nc1cc(F)cc2c1N(C)Cc1c-2cnn1C1CN(Cc2cccc(C(=O)N3CCCC3)n2)C1. The fourth-order valence-electron chi connectivity index (χ4n) is 7.08. The first-order valence-corrected chi connectivity index (χ1v) is 17.0. The van der Waals surface area contributed by atoms with E-state index in [0.717, 1.165) is 74.5 Å². The number of benzene rings is 1. The van der Waals surface area contributed by atoms with Crippen LogP contribution in [0.3, 0.4) is 0 Å². The Kier molecular flexibility index (Phi) is 8.13. The molecule has 1 saturated carbocycles. The van der Waals surface area contributed by atoms with Crippen LogP contribution in [0.1, 0.15) is 64.1 Å². The van der Waals surface area contributed by atoms with E-state index in [1.807, 2.05) is 33.7 Å². The van der Waals surface area contributed by atoms with Gasteiger partial charge in [-0.25, -0.2) is 9.37 Å². The molecule has 1 aromatic carbocycles. The molecule has 14 nitrogen and oxygen atoms in total. The van der Waals surface area contributed by atoms with E-state index in [1.165, 1.54) is 19.2 Å². The van der Waals surface area contributed by atoms with Crippen molar-refractivity contribution in [3.63, 3.8) is 0 Å². The monoisotopic (exact) mass is 679 g/mol. The third kappa shape index (κ3) is 6.01. The van der Waals surface area contributed by atoms with E-state index >= 15 is 4.39 Å². The highest BCUT2D eigenvalue weighted by molar-refractivity contribution is 6.01. The average Bonchev–Trinajstić information content (AvgIpc) is 3.64. The molecule has 3 amide bonds. The predicted octanol–water partition coefficient (Wildman–Crippen LogP) is 3.57. The quantitative estimate of drug-likeness (QED) is 0.239. The maximum Gasteiger partial charge on any atom is 0.273 e. The lowest BCUT2D eigenvalue weighted by Gasteiger charge is -2.40. The zero-order valence-electron chi connectivity index (χ0n) is 27.9. The van der Waals surface area contributed by atoms with Crippen molar-refractivity contribution in [3.8, 4) is 11.1 Å². The minimum absolute atomic E-state index is 0.000317. The number of nitrogens with one attached hydrogen (secondary N) is 3. The van der Waals surface area contributed by atoms with Crippen LogP contribution in [0.15, 0.2) is 42.6 Å². The molecule has 0 radical (unpaired) electrons. The van der Waals surface area contributed by atoms with Gasteiger partial charge in [-0.05, 0) is 49.9 Å². The average molecular weight is 680 g/mol. The molecule has 3 fully saturated rings. The summed E-state index contributed by atoms with van der Waals surface area (Å²) in [5.74, 6) is -0.920. The van der Waals surface area contributed by atoms with Gasteiger partial charge in [0, 0.05) is 69.9 Å². The molecule has 15 heteroatoms. The summed E-state index contributed by atoms with van der Waals surface area (Å²) in [6, 6.07) is 10.2. The molecular formula is C35H38FN11O3. The van der Waals surface area contributed by atoms with E-state index in [2.05, 4.69) is 36.0 Å². The highest BCUT2D eigenvalue weighted by Gasteiger charge is 2.35. The first-order chi connectivity index (χ1) is 24.2. The third-order valence-corrected chi connectivity index (χ3v) is 9.83. The molecule has 0 atom stereocenters. The van der Waals surface area contributed by atoms with Crippen LogP contribution in [0.5, 0.6) is 0 Å². The second-order valence-corrected chi connectivity index (χ2v) is 13.5. The Bertz CT molecular complexity index is 2000. The molecule has 4 aliphatic rings. The van der Waals surface area contributed by atoms with Crippen LogP contribution in [0.4, 0.5) is 27.3 Å². The molecule has 6 heterocycles. The number of rotatable bonds is 9. The van der Waals surface area contributed by atoms with Gasteiger partial charge in [-0.1, -0.05) is 6.07 Å². The topological polar surface area (TPSA) is 154 Å². The van der Waals surface area contributed by atoms with Gasteiger partial charge in [0.05, 0.1) is 47.2 Å². The van der Waals surface area contributed by atoms with E-state index in [0.29, 0.717) is 30.0 Å². The second-order valence-electron chi connectivity index (χ2n) is 13.5. The standard InChI is InChI=1S/C35H38FN11O3/c1-37-34(49)31-27(14-30(42-43-31)41-33(48)20-8-9-20)40-28-13-21(36)12-24-25-15-38-47(29(25)19-44(2)32(24)28)23-17-45(18-23)16-22-6-5-7-26(39-22)35(50)46-10-3-4-11-46/h5-7,12-15,20,23H,3-4,8-11,16-19H2,1-2H3,(H,37,49)(H2,40,41,42,48). The Morgan fingerprint density at radius 2 is 1.80 bits per heavy atom. The van der Waals surface area contributed by atoms with E-state index in [-0.39, 0.29) is 41.0 Å². The number of hydrogen-bond donors (Lipinski definition) is 3. The summed E-state index contributed by atoms with van der Waals surface area (Å²) >= 11 is 0. The van der Waals surface area contributed by atoms with Crippen LogP contribution in [0.2, 0.25) is 0 Å². The normalized spacial score (nSPS) is 17.2. The van der Waals surface area contributed by atoms with Crippen LogP contribution in [0, 0.1) is 11.7 Å². The van der Waals surface area contributed by atoms with Crippen molar-refractivity contribution in [3.05, 3.63) is 71.2 Å². The van der Waals surface area contributed by atoms with E-state index in [4.69, 9.17) is 5.10 Å². The molecule has 0 spiro atoms. The molecule has 3 aromatic heterocycles. The number of hydrogen-bond acceptors (Lipinski definition) is 10. The molecule has 0 unspecified atom stereocenters. The maximum atomic E-state index is 15.3. The Morgan fingerprint density at radius 3 is 2.56 bits per heavy atom. The van der Waals surface area contributed by atoms with Crippen LogP contribution < -0.4 is 20.9 Å². The number of aromatic nitrogens is 5. The number of carbonyl (C=O) groups is 3. The molecule has 3 N–H and O–H groups in total. The van der Waals surface area contributed by atoms with E-state index < -0.39 is 11.7 Å². The van der Waals surface area contributed by atoms with Gasteiger partial charge >= 0.3 is 0 Å². The summed E-state index contributed by atoms with van der Waals surface area (Å²) in [6.45, 7) is 4.28. The maximum absolute atomic E-state index is 15.3. The highest BCUT2D eigenvalue weighted by Crippen LogP contribution is 2.45. The lowest BCUT2D eigenvalue weighted by molar-refractivity contribution is -0.117. The van der Waals surface area contributed by atoms with Crippen molar-refractivity contribution in [1.29, 1.82) is 0 Å². The molecule has 1 aliphatic carbocycles. The Morgan fingerprint density at radius 1 is 1.00 bits per heavy atom. The van der Waals surface area contributed by atoms with Crippen LogP contribution >= 0.6 is 0 Å². The Hall–Kier alpha value is -5.44. The molecule has 0 bridgehead atoms. The van der Waals surface area contributed by atoms with Crippen molar-refractivity contribution < 1.29 is 18.8 Å². The number of pyridine rings is 1. The fourth-order valence-corrected chi connectivity index (χ4v) is 7.08. The summed E-state index contributed by atoms with van der Waals surface area (Å²) in [5, 5.41) is 21.4. The predicted molar refractivity (Wildman–Crippen MR) is 183 cm³/mol. The number of fused-ring (bicyclic) bond motifs is 3. The van der Waals surface area contributed by atoms with Gasteiger partial charge in [0.15, 0.2) is 11.5 Å². The Balaban J connectivity index is 1.01. The summed E-state index contributed by atoms with van der Waals surface area (Å²) < 4.78 is 17.4. The molecule has 50 heavy (non-hydrogen) atoms. The minimum Gasteiger partial charge on any atom is -0.366 e. The van der Waals surface area contributed by atoms with Gasteiger partial charge < -0.3 is 25.8 Å². The number of nitrogens with zero attached hydrogens (tertiary/aromatic N) is 8. The number of anilines is 4. The summed E-state index contributed by atoms with van der Waals surface area (Å²) in [6.07, 6.45) is 5.52. The lowest BCUT2D eigenvalue weighted by atomic mass is 9.97.